The summed E-state index contributed by atoms with van der Waals surface area (Å²) < 4.78 is 13.0. The minimum absolute atomic E-state index is 0.390. The van der Waals surface area contributed by atoms with Gasteiger partial charge in [0.1, 0.15) is 5.83 Å². The van der Waals surface area contributed by atoms with Crippen molar-refractivity contribution in [3.8, 4) is 0 Å². The molecule has 0 amide bonds. The van der Waals surface area contributed by atoms with Gasteiger partial charge in [-0.3, -0.25) is 0 Å². The van der Waals surface area contributed by atoms with Gasteiger partial charge < -0.3 is 9.88 Å². The number of nitrogens with zero attached hydrogens (tertiary/aromatic N) is 1. The molecule has 16 heavy (non-hydrogen) atoms. The Hall–Kier alpha value is -1.61. The van der Waals surface area contributed by atoms with Crippen LogP contribution in [0.2, 0.25) is 0 Å². The molecular weight excluding hydrogens is 203 g/mol. The number of H-pyrrole nitrogens is 1. The van der Waals surface area contributed by atoms with E-state index in [1.807, 2.05) is 32.4 Å². The summed E-state index contributed by atoms with van der Waals surface area (Å²) in [4.78, 5) is 5.26. The molecule has 2 nitrogen and oxygen atoms in total. The SMILES string of the molecule is C=C(F)c1ccc2[nH]cc(CN(C)C)c2c1. The summed E-state index contributed by atoms with van der Waals surface area (Å²) in [5.74, 6) is -0.390. The molecule has 2 aromatic rings. The first-order chi connectivity index (χ1) is 7.58. The van der Waals surface area contributed by atoms with E-state index in [9.17, 15) is 4.39 Å². The molecule has 0 aliphatic heterocycles. The Labute approximate surface area is 94.4 Å². The molecule has 0 saturated heterocycles. The van der Waals surface area contributed by atoms with Crippen molar-refractivity contribution in [3.63, 3.8) is 0 Å². The lowest BCUT2D eigenvalue weighted by Gasteiger charge is -2.08. The third-order valence-corrected chi connectivity index (χ3v) is 2.57. The molecule has 0 aliphatic rings. The molecule has 0 atom stereocenters. The standard InChI is InChI=1S/C13H15FN2/c1-9(14)10-4-5-13-12(6-10)11(7-15-13)8-16(2)3/h4-7,15H,1,8H2,2-3H3. The second-order valence-corrected chi connectivity index (χ2v) is 4.22. The highest BCUT2D eigenvalue weighted by Gasteiger charge is 2.06. The smallest absolute Gasteiger partial charge is 0.123 e. The number of nitrogens with one attached hydrogen (secondary N) is 1. The van der Waals surface area contributed by atoms with Crippen LogP contribution in [-0.4, -0.2) is 24.0 Å². The Morgan fingerprint density at radius 2 is 2.19 bits per heavy atom. The highest BCUT2D eigenvalue weighted by molar-refractivity contribution is 5.86. The zero-order valence-corrected chi connectivity index (χ0v) is 9.55. The van der Waals surface area contributed by atoms with Crippen LogP contribution in [0.4, 0.5) is 4.39 Å². The van der Waals surface area contributed by atoms with Gasteiger partial charge in [-0.1, -0.05) is 6.58 Å². The van der Waals surface area contributed by atoms with E-state index in [1.54, 1.807) is 6.07 Å². The average molecular weight is 218 g/mol. The van der Waals surface area contributed by atoms with Crippen molar-refractivity contribution in [3.05, 3.63) is 42.1 Å². The summed E-state index contributed by atoms with van der Waals surface area (Å²) >= 11 is 0. The van der Waals surface area contributed by atoms with Crippen molar-refractivity contribution >= 4 is 16.7 Å². The Kier molecular flexibility index (Phi) is 2.79. The molecule has 1 heterocycles. The summed E-state index contributed by atoms with van der Waals surface area (Å²) in [6.07, 6.45) is 1.97. The van der Waals surface area contributed by atoms with Gasteiger partial charge >= 0.3 is 0 Å². The molecule has 1 aromatic heterocycles. The van der Waals surface area contributed by atoms with Gasteiger partial charge in [0.15, 0.2) is 0 Å². The van der Waals surface area contributed by atoms with Gasteiger partial charge in [-0.15, -0.1) is 0 Å². The van der Waals surface area contributed by atoms with Gasteiger partial charge in [-0.2, -0.15) is 0 Å². The van der Waals surface area contributed by atoms with Crippen LogP contribution in [0.25, 0.3) is 16.7 Å². The maximum Gasteiger partial charge on any atom is 0.123 e. The van der Waals surface area contributed by atoms with Crippen LogP contribution in [0.5, 0.6) is 0 Å². The molecule has 0 aliphatic carbocycles. The summed E-state index contributed by atoms with van der Waals surface area (Å²) in [5, 5.41) is 1.06. The molecule has 0 unspecified atom stereocenters. The van der Waals surface area contributed by atoms with Crippen molar-refractivity contribution in [2.75, 3.05) is 14.1 Å². The van der Waals surface area contributed by atoms with Gasteiger partial charge in [0.25, 0.3) is 0 Å². The normalized spacial score (nSPS) is 11.2. The molecule has 2 rings (SSSR count). The van der Waals surface area contributed by atoms with Crippen LogP contribution in [0, 0.1) is 0 Å². The zero-order chi connectivity index (χ0) is 11.7. The number of halogens is 1. The predicted molar refractivity (Wildman–Crippen MR) is 65.8 cm³/mol. The predicted octanol–water partition coefficient (Wildman–Crippen LogP) is 3.17. The van der Waals surface area contributed by atoms with Crippen molar-refractivity contribution in [1.82, 2.24) is 9.88 Å². The number of rotatable bonds is 3. The lowest BCUT2D eigenvalue weighted by molar-refractivity contribution is 0.404. The van der Waals surface area contributed by atoms with Crippen molar-refractivity contribution in [2.45, 2.75) is 6.54 Å². The van der Waals surface area contributed by atoms with Crippen LogP contribution in [0.3, 0.4) is 0 Å². The van der Waals surface area contributed by atoms with Crippen LogP contribution in [-0.2, 0) is 6.54 Å². The second kappa shape index (κ2) is 4.10. The molecule has 1 N–H and O–H groups in total. The maximum atomic E-state index is 13.0. The van der Waals surface area contributed by atoms with Gasteiger partial charge in [0.05, 0.1) is 0 Å². The van der Waals surface area contributed by atoms with Gasteiger partial charge in [0, 0.05) is 29.2 Å². The van der Waals surface area contributed by atoms with E-state index in [2.05, 4.69) is 16.5 Å². The van der Waals surface area contributed by atoms with Crippen LogP contribution in [0.1, 0.15) is 11.1 Å². The van der Waals surface area contributed by atoms with Crippen molar-refractivity contribution in [2.24, 2.45) is 0 Å². The molecule has 0 saturated carbocycles. The minimum Gasteiger partial charge on any atom is -0.361 e. The third-order valence-electron chi connectivity index (χ3n) is 2.57. The summed E-state index contributed by atoms with van der Waals surface area (Å²) in [6, 6.07) is 5.46. The topological polar surface area (TPSA) is 19.0 Å². The second-order valence-electron chi connectivity index (χ2n) is 4.22. The van der Waals surface area contributed by atoms with E-state index in [1.165, 1.54) is 5.56 Å². The van der Waals surface area contributed by atoms with E-state index in [0.717, 1.165) is 17.4 Å². The fraction of sp³-hybridized carbons (Fsp3) is 0.231. The fourth-order valence-corrected chi connectivity index (χ4v) is 1.82. The lowest BCUT2D eigenvalue weighted by Crippen LogP contribution is -2.10. The van der Waals surface area contributed by atoms with Crippen LogP contribution in [0.15, 0.2) is 31.0 Å². The number of aromatic amines is 1. The van der Waals surface area contributed by atoms with Crippen LogP contribution >= 0.6 is 0 Å². The Balaban J connectivity index is 2.51. The first kappa shape index (κ1) is 10.9. The molecule has 0 fully saturated rings. The molecular formula is C13H15FN2. The monoisotopic (exact) mass is 218 g/mol. The molecule has 0 bridgehead atoms. The zero-order valence-electron chi connectivity index (χ0n) is 9.55. The average Bonchev–Trinajstić information content (AvgIpc) is 2.60. The maximum absolute atomic E-state index is 13.0. The number of hydrogen-bond acceptors (Lipinski definition) is 1. The van der Waals surface area contributed by atoms with E-state index >= 15 is 0 Å². The number of hydrogen-bond donors (Lipinski definition) is 1. The Morgan fingerprint density at radius 3 is 2.81 bits per heavy atom. The number of benzene rings is 1. The number of fused-ring (bicyclic) bond motifs is 1. The first-order valence-electron chi connectivity index (χ1n) is 5.17. The van der Waals surface area contributed by atoms with E-state index in [0.29, 0.717) is 5.56 Å². The molecule has 3 heteroatoms. The van der Waals surface area contributed by atoms with Crippen molar-refractivity contribution < 1.29 is 4.39 Å². The van der Waals surface area contributed by atoms with E-state index in [-0.39, 0.29) is 5.83 Å². The minimum atomic E-state index is -0.390. The summed E-state index contributed by atoms with van der Waals surface area (Å²) in [7, 11) is 4.02. The summed E-state index contributed by atoms with van der Waals surface area (Å²) in [5.41, 5.74) is 2.75. The third kappa shape index (κ3) is 1.99. The molecule has 1 aromatic carbocycles. The fourth-order valence-electron chi connectivity index (χ4n) is 1.82. The highest BCUT2D eigenvalue weighted by Crippen LogP contribution is 2.24. The molecule has 84 valence electrons. The lowest BCUT2D eigenvalue weighted by atomic mass is 10.1. The van der Waals surface area contributed by atoms with Crippen LogP contribution < -0.4 is 0 Å². The number of aromatic nitrogens is 1. The Bertz CT molecular complexity index is 526. The van der Waals surface area contributed by atoms with Gasteiger partial charge in [-0.25, -0.2) is 4.39 Å². The highest BCUT2D eigenvalue weighted by atomic mass is 19.1. The molecule has 0 radical (unpaired) electrons. The Morgan fingerprint density at radius 1 is 1.44 bits per heavy atom. The van der Waals surface area contributed by atoms with E-state index < -0.39 is 0 Å². The first-order valence-corrected chi connectivity index (χ1v) is 5.17. The van der Waals surface area contributed by atoms with Gasteiger partial charge in [0.2, 0.25) is 0 Å². The van der Waals surface area contributed by atoms with Gasteiger partial charge in [-0.05, 0) is 37.9 Å². The molecule has 0 spiro atoms. The van der Waals surface area contributed by atoms with Crippen molar-refractivity contribution in [1.29, 1.82) is 0 Å². The summed E-state index contributed by atoms with van der Waals surface area (Å²) in [6.45, 7) is 4.16. The quantitative estimate of drug-likeness (QED) is 0.838. The van der Waals surface area contributed by atoms with E-state index in [4.69, 9.17) is 0 Å². The largest absolute Gasteiger partial charge is 0.361 e.